The van der Waals surface area contributed by atoms with Crippen molar-refractivity contribution < 1.29 is 4.79 Å². The predicted octanol–water partition coefficient (Wildman–Crippen LogP) is 6.25. The number of hydrogen-bond acceptors (Lipinski definition) is 1. The van der Waals surface area contributed by atoms with Gasteiger partial charge in [-0.05, 0) is 79.2 Å². The first-order valence-corrected chi connectivity index (χ1v) is 9.90. The molecule has 2 N–H and O–H groups in total. The van der Waals surface area contributed by atoms with Gasteiger partial charge in [0.25, 0.3) is 0 Å². The highest BCUT2D eigenvalue weighted by atomic mass is 35.5. The number of benzene rings is 2. The van der Waals surface area contributed by atoms with Crippen LogP contribution in [0.4, 0.5) is 0 Å². The van der Waals surface area contributed by atoms with Gasteiger partial charge >= 0.3 is 0 Å². The van der Waals surface area contributed by atoms with Crippen LogP contribution < -0.4 is 5.73 Å². The molecule has 0 unspecified atom stereocenters. The van der Waals surface area contributed by atoms with Crippen molar-refractivity contribution in [2.24, 2.45) is 17.1 Å². The standard InChI is InChI=1S/C23H28ClNO/c1-23(2)12-10-16(11-13-23)6-7-17-8-9-20(21(24)14-17)18-4-3-5-19(15-18)22(25)26/h3-5,8-9,14-16H,6-7,10-13H2,1-2H3,(H2,25,26). The maximum atomic E-state index is 11.4. The minimum atomic E-state index is -0.421. The van der Waals surface area contributed by atoms with Crippen LogP contribution in [0.15, 0.2) is 42.5 Å². The van der Waals surface area contributed by atoms with Crippen LogP contribution in [-0.4, -0.2) is 5.91 Å². The Kier molecular flexibility index (Phi) is 5.72. The van der Waals surface area contributed by atoms with Gasteiger partial charge in [0.05, 0.1) is 0 Å². The zero-order valence-corrected chi connectivity index (χ0v) is 16.5. The van der Waals surface area contributed by atoms with Gasteiger partial charge in [-0.2, -0.15) is 0 Å². The van der Waals surface area contributed by atoms with Gasteiger partial charge < -0.3 is 5.73 Å². The minimum Gasteiger partial charge on any atom is -0.366 e. The molecule has 0 aromatic heterocycles. The number of halogens is 1. The number of aryl methyl sites for hydroxylation is 1. The number of nitrogens with two attached hydrogens (primary N) is 1. The van der Waals surface area contributed by atoms with Gasteiger partial charge in [-0.15, -0.1) is 0 Å². The van der Waals surface area contributed by atoms with E-state index >= 15 is 0 Å². The number of carbonyl (C=O) groups is 1. The van der Waals surface area contributed by atoms with E-state index in [2.05, 4.69) is 32.0 Å². The third kappa shape index (κ3) is 4.67. The number of primary amides is 1. The summed E-state index contributed by atoms with van der Waals surface area (Å²) < 4.78 is 0. The van der Waals surface area contributed by atoms with Crippen LogP contribution in [0.3, 0.4) is 0 Å². The topological polar surface area (TPSA) is 43.1 Å². The summed E-state index contributed by atoms with van der Waals surface area (Å²) in [5.41, 5.74) is 9.56. The third-order valence-corrected chi connectivity index (χ3v) is 6.10. The summed E-state index contributed by atoms with van der Waals surface area (Å²) in [4.78, 5) is 11.4. The molecule has 1 aliphatic carbocycles. The first kappa shape index (κ1) is 19.0. The molecule has 1 aliphatic rings. The van der Waals surface area contributed by atoms with Crippen LogP contribution in [0, 0.1) is 11.3 Å². The normalized spacial score (nSPS) is 17.2. The minimum absolute atomic E-state index is 0.421. The molecule has 138 valence electrons. The summed E-state index contributed by atoms with van der Waals surface area (Å²) in [7, 11) is 0. The molecule has 2 aromatic rings. The fourth-order valence-corrected chi connectivity index (χ4v) is 4.22. The first-order chi connectivity index (χ1) is 12.3. The van der Waals surface area contributed by atoms with Crippen LogP contribution in [0.1, 0.15) is 61.9 Å². The predicted molar refractivity (Wildman–Crippen MR) is 109 cm³/mol. The van der Waals surface area contributed by atoms with E-state index in [1.807, 2.05) is 12.1 Å². The molecule has 3 rings (SSSR count). The summed E-state index contributed by atoms with van der Waals surface area (Å²) in [5, 5.41) is 0.730. The van der Waals surface area contributed by atoms with Gasteiger partial charge in [-0.1, -0.05) is 49.7 Å². The molecule has 0 radical (unpaired) electrons. The Balaban J connectivity index is 1.66. The van der Waals surface area contributed by atoms with Crippen molar-refractivity contribution in [1.29, 1.82) is 0 Å². The molecule has 1 fully saturated rings. The molecule has 26 heavy (non-hydrogen) atoms. The van der Waals surface area contributed by atoms with Gasteiger partial charge in [0.1, 0.15) is 0 Å². The van der Waals surface area contributed by atoms with E-state index in [9.17, 15) is 4.79 Å². The molecule has 0 aliphatic heterocycles. The maximum Gasteiger partial charge on any atom is 0.248 e. The van der Waals surface area contributed by atoms with E-state index < -0.39 is 5.91 Å². The van der Waals surface area contributed by atoms with Crippen molar-refractivity contribution in [3.8, 4) is 11.1 Å². The molecule has 2 nitrogen and oxygen atoms in total. The lowest BCUT2D eigenvalue weighted by molar-refractivity contribution is 0.100. The average molecular weight is 370 g/mol. The highest BCUT2D eigenvalue weighted by Gasteiger charge is 2.26. The Labute approximate surface area is 161 Å². The molecule has 0 saturated heterocycles. The third-order valence-electron chi connectivity index (χ3n) is 5.79. The van der Waals surface area contributed by atoms with Gasteiger partial charge in [0.15, 0.2) is 0 Å². The Morgan fingerprint density at radius 2 is 1.88 bits per heavy atom. The smallest absolute Gasteiger partial charge is 0.248 e. The highest BCUT2D eigenvalue weighted by molar-refractivity contribution is 6.33. The average Bonchev–Trinajstić information content (AvgIpc) is 2.61. The van der Waals surface area contributed by atoms with Crippen molar-refractivity contribution in [2.75, 3.05) is 0 Å². The molecule has 0 atom stereocenters. The second kappa shape index (κ2) is 7.84. The van der Waals surface area contributed by atoms with Crippen LogP contribution in [-0.2, 0) is 6.42 Å². The van der Waals surface area contributed by atoms with Crippen molar-refractivity contribution in [2.45, 2.75) is 52.4 Å². The number of carbonyl (C=O) groups excluding carboxylic acids is 1. The molecular weight excluding hydrogens is 342 g/mol. The molecular formula is C23H28ClNO. The second-order valence-corrected chi connectivity index (χ2v) is 8.81. The lowest BCUT2D eigenvalue weighted by Crippen LogP contribution is -2.21. The van der Waals surface area contributed by atoms with E-state index in [1.54, 1.807) is 12.1 Å². The SMILES string of the molecule is CC1(C)CCC(CCc2ccc(-c3cccc(C(N)=O)c3)c(Cl)c2)CC1. The summed E-state index contributed by atoms with van der Waals surface area (Å²) in [6.07, 6.45) is 7.69. The monoisotopic (exact) mass is 369 g/mol. The van der Waals surface area contributed by atoms with Crippen LogP contribution in [0.5, 0.6) is 0 Å². The van der Waals surface area contributed by atoms with Crippen molar-refractivity contribution >= 4 is 17.5 Å². The first-order valence-electron chi connectivity index (χ1n) is 9.53. The quantitative estimate of drug-likeness (QED) is 0.664. The molecule has 1 saturated carbocycles. The Hall–Kier alpha value is -1.80. The number of rotatable bonds is 5. The van der Waals surface area contributed by atoms with Crippen molar-refractivity contribution in [1.82, 2.24) is 0 Å². The lowest BCUT2D eigenvalue weighted by atomic mass is 9.72. The van der Waals surface area contributed by atoms with E-state index in [0.717, 1.165) is 28.5 Å². The highest BCUT2D eigenvalue weighted by Crippen LogP contribution is 2.39. The van der Waals surface area contributed by atoms with Gasteiger partial charge in [-0.3, -0.25) is 4.79 Å². The molecule has 0 heterocycles. The number of hydrogen-bond donors (Lipinski definition) is 1. The summed E-state index contributed by atoms with van der Waals surface area (Å²) in [6, 6.07) is 13.6. The van der Waals surface area contributed by atoms with Crippen molar-refractivity contribution in [3.63, 3.8) is 0 Å². The van der Waals surface area contributed by atoms with Gasteiger partial charge in [-0.25, -0.2) is 0 Å². The van der Waals surface area contributed by atoms with E-state index in [-0.39, 0.29) is 0 Å². The Morgan fingerprint density at radius 3 is 2.54 bits per heavy atom. The number of amides is 1. The van der Waals surface area contributed by atoms with Gasteiger partial charge in [0.2, 0.25) is 5.91 Å². The summed E-state index contributed by atoms with van der Waals surface area (Å²) in [6.45, 7) is 4.77. The lowest BCUT2D eigenvalue weighted by Gasteiger charge is -2.34. The summed E-state index contributed by atoms with van der Waals surface area (Å²) in [5.74, 6) is 0.420. The summed E-state index contributed by atoms with van der Waals surface area (Å²) >= 11 is 6.54. The molecule has 0 bridgehead atoms. The van der Waals surface area contributed by atoms with Crippen LogP contribution in [0.2, 0.25) is 5.02 Å². The van der Waals surface area contributed by atoms with E-state index in [1.165, 1.54) is 37.7 Å². The Morgan fingerprint density at radius 1 is 1.15 bits per heavy atom. The van der Waals surface area contributed by atoms with Crippen molar-refractivity contribution in [3.05, 3.63) is 58.6 Å². The molecule has 3 heteroatoms. The Bertz CT molecular complexity index is 787. The van der Waals surface area contributed by atoms with E-state index in [0.29, 0.717) is 11.0 Å². The van der Waals surface area contributed by atoms with Crippen LogP contribution in [0.25, 0.3) is 11.1 Å². The maximum absolute atomic E-state index is 11.4. The zero-order valence-electron chi connectivity index (χ0n) is 15.7. The van der Waals surface area contributed by atoms with Crippen LogP contribution >= 0.6 is 11.6 Å². The largest absolute Gasteiger partial charge is 0.366 e. The molecule has 0 spiro atoms. The fourth-order valence-electron chi connectivity index (χ4n) is 3.91. The fraction of sp³-hybridized carbons (Fsp3) is 0.435. The van der Waals surface area contributed by atoms with Gasteiger partial charge in [0, 0.05) is 16.1 Å². The van der Waals surface area contributed by atoms with E-state index in [4.69, 9.17) is 17.3 Å². The molecule has 1 amide bonds. The zero-order chi connectivity index (χ0) is 18.7. The molecule has 2 aromatic carbocycles. The second-order valence-electron chi connectivity index (χ2n) is 8.41.